The fourth-order valence-electron chi connectivity index (χ4n) is 3.55. The Balaban J connectivity index is 0.000000166. The van der Waals surface area contributed by atoms with Gasteiger partial charge in [0.1, 0.15) is 22.3 Å². The van der Waals surface area contributed by atoms with Gasteiger partial charge < -0.3 is 9.67 Å². The summed E-state index contributed by atoms with van der Waals surface area (Å²) in [6.07, 6.45) is 4.45. The standard InChI is InChI=1S/C12H16O2.C11H12ClN3/c1-3-11(13)9-12(2,14)10-7-5-4-6-8-10;1-7-13-9-5-6-10(12)14-11(9)15(7)8-3-2-4-8/h4-8,14H,3,9H2,1-2H3;5-6,8H,2-4H2,1H3/t12-;/m1./s1. The summed E-state index contributed by atoms with van der Waals surface area (Å²) < 4.78 is 2.23. The minimum atomic E-state index is -1.03. The second-order valence-corrected chi connectivity index (χ2v) is 8.19. The monoisotopic (exact) mass is 413 g/mol. The number of aliphatic hydroxyl groups is 1. The number of benzene rings is 1. The molecule has 1 fully saturated rings. The summed E-state index contributed by atoms with van der Waals surface area (Å²) in [6, 6.07) is 13.6. The zero-order valence-electron chi connectivity index (χ0n) is 17.2. The molecule has 0 radical (unpaired) electrons. The van der Waals surface area contributed by atoms with Crippen LogP contribution in [0, 0.1) is 6.92 Å². The molecule has 1 aliphatic carbocycles. The first-order chi connectivity index (χ1) is 13.8. The Bertz CT molecular complexity index is 978. The lowest BCUT2D eigenvalue weighted by Gasteiger charge is -2.28. The second-order valence-electron chi connectivity index (χ2n) is 7.80. The van der Waals surface area contributed by atoms with Gasteiger partial charge >= 0.3 is 0 Å². The van der Waals surface area contributed by atoms with Crippen LogP contribution < -0.4 is 0 Å². The van der Waals surface area contributed by atoms with E-state index in [1.807, 2.05) is 50.2 Å². The van der Waals surface area contributed by atoms with Gasteiger partial charge in [0.2, 0.25) is 0 Å². The smallest absolute Gasteiger partial charge is 0.161 e. The van der Waals surface area contributed by atoms with Gasteiger partial charge in [-0.3, -0.25) is 4.79 Å². The van der Waals surface area contributed by atoms with Crippen molar-refractivity contribution < 1.29 is 9.90 Å². The highest BCUT2D eigenvalue weighted by Crippen LogP contribution is 2.35. The highest BCUT2D eigenvalue weighted by Gasteiger charge is 2.25. The van der Waals surface area contributed by atoms with Crippen LogP contribution in [-0.4, -0.2) is 25.4 Å². The molecule has 6 heteroatoms. The van der Waals surface area contributed by atoms with E-state index in [0.717, 1.165) is 22.6 Å². The first-order valence-electron chi connectivity index (χ1n) is 10.1. The zero-order chi connectivity index (χ0) is 21.0. The number of fused-ring (bicyclic) bond motifs is 1. The van der Waals surface area contributed by atoms with Crippen molar-refractivity contribution in [2.24, 2.45) is 0 Å². The largest absolute Gasteiger partial charge is 0.385 e. The molecule has 2 aromatic heterocycles. The summed E-state index contributed by atoms with van der Waals surface area (Å²) in [5.74, 6) is 1.13. The summed E-state index contributed by atoms with van der Waals surface area (Å²) in [6.45, 7) is 5.52. The number of rotatable bonds is 5. The van der Waals surface area contributed by atoms with Crippen molar-refractivity contribution in [3.63, 3.8) is 0 Å². The Labute approximate surface area is 176 Å². The molecule has 0 aliphatic heterocycles. The number of aryl methyl sites for hydroxylation is 1. The number of hydrogen-bond acceptors (Lipinski definition) is 4. The summed E-state index contributed by atoms with van der Waals surface area (Å²) >= 11 is 5.91. The van der Waals surface area contributed by atoms with Crippen molar-refractivity contribution in [2.45, 2.75) is 64.5 Å². The molecule has 0 unspecified atom stereocenters. The molecule has 1 saturated carbocycles. The third-order valence-corrected chi connectivity index (χ3v) is 5.66. The molecule has 1 atom stereocenters. The molecule has 154 valence electrons. The van der Waals surface area contributed by atoms with Crippen molar-refractivity contribution in [1.29, 1.82) is 0 Å². The van der Waals surface area contributed by atoms with E-state index < -0.39 is 5.60 Å². The molecule has 0 bridgehead atoms. The topological polar surface area (TPSA) is 68.0 Å². The number of pyridine rings is 1. The van der Waals surface area contributed by atoms with Crippen molar-refractivity contribution >= 4 is 28.5 Å². The van der Waals surface area contributed by atoms with Crippen LogP contribution in [0.5, 0.6) is 0 Å². The van der Waals surface area contributed by atoms with Gasteiger partial charge in [-0.05, 0) is 50.8 Å². The highest BCUT2D eigenvalue weighted by atomic mass is 35.5. The summed E-state index contributed by atoms with van der Waals surface area (Å²) in [7, 11) is 0. The average Bonchev–Trinajstić information content (AvgIpc) is 2.97. The molecule has 5 nitrogen and oxygen atoms in total. The number of hydrogen-bond donors (Lipinski definition) is 1. The fourth-order valence-corrected chi connectivity index (χ4v) is 3.70. The molecular formula is C23H28ClN3O2. The van der Waals surface area contributed by atoms with Crippen molar-refractivity contribution in [3.05, 3.63) is 59.0 Å². The lowest BCUT2D eigenvalue weighted by atomic mass is 9.90. The lowest BCUT2D eigenvalue weighted by molar-refractivity contribution is -0.123. The summed E-state index contributed by atoms with van der Waals surface area (Å²) in [5, 5.41) is 10.6. The molecule has 1 aromatic carbocycles. The van der Waals surface area contributed by atoms with Crippen molar-refractivity contribution in [3.8, 4) is 0 Å². The van der Waals surface area contributed by atoms with Crippen LogP contribution in [0.2, 0.25) is 5.15 Å². The molecule has 4 rings (SSSR count). The minimum absolute atomic E-state index is 0.0823. The van der Waals surface area contributed by atoms with E-state index in [-0.39, 0.29) is 12.2 Å². The number of imidazole rings is 1. The average molecular weight is 414 g/mol. The first kappa shape index (κ1) is 21.5. The quantitative estimate of drug-likeness (QED) is 0.570. The number of nitrogens with zero attached hydrogens (tertiary/aromatic N) is 3. The Hall–Kier alpha value is -2.24. The van der Waals surface area contributed by atoms with Gasteiger partial charge in [-0.25, -0.2) is 9.97 Å². The lowest BCUT2D eigenvalue weighted by Crippen LogP contribution is -2.24. The van der Waals surface area contributed by atoms with Crippen LogP contribution in [-0.2, 0) is 10.4 Å². The molecular weight excluding hydrogens is 386 g/mol. The number of carbonyl (C=O) groups is 1. The molecule has 0 saturated heterocycles. The van der Waals surface area contributed by atoms with Crippen LogP contribution in [0.15, 0.2) is 42.5 Å². The third-order valence-electron chi connectivity index (χ3n) is 5.45. The van der Waals surface area contributed by atoms with E-state index in [9.17, 15) is 9.90 Å². The van der Waals surface area contributed by atoms with Gasteiger partial charge in [0.15, 0.2) is 5.65 Å². The predicted molar refractivity (Wildman–Crippen MR) is 116 cm³/mol. The number of halogens is 1. The number of aromatic nitrogens is 3. The van der Waals surface area contributed by atoms with Gasteiger partial charge in [-0.15, -0.1) is 0 Å². The predicted octanol–water partition coefficient (Wildman–Crippen LogP) is 5.38. The zero-order valence-corrected chi connectivity index (χ0v) is 18.0. The van der Waals surface area contributed by atoms with E-state index >= 15 is 0 Å². The Morgan fingerprint density at radius 1 is 1.21 bits per heavy atom. The Morgan fingerprint density at radius 3 is 2.48 bits per heavy atom. The van der Waals surface area contributed by atoms with Crippen LogP contribution in [0.4, 0.5) is 0 Å². The van der Waals surface area contributed by atoms with Crippen molar-refractivity contribution in [2.75, 3.05) is 0 Å². The minimum Gasteiger partial charge on any atom is -0.385 e. The first-order valence-corrected chi connectivity index (χ1v) is 10.5. The maximum atomic E-state index is 11.2. The number of carbonyl (C=O) groups excluding carboxylic acids is 1. The van der Waals surface area contributed by atoms with Gasteiger partial charge in [-0.1, -0.05) is 48.9 Å². The number of Topliss-reactive ketones (excluding diaryl/α,β-unsaturated/α-hetero) is 1. The molecule has 0 amide bonds. The van der Waals surface area contributed by atoms with Gasteiger partial charge in [-0.2, -0.15) is 0 Å². The Morgan fingerprint density at radius 2 is 1.90 bits per heavy atom. The van der Waals surface area contributed by atoms with E-state index in [1.165, 1.54) is 19.3 Å². The molecule has 0 spiro atoms. The van der Waals surface area contributed by atoms with Crippen LogP contribution in [0.1, 0.15) is 63.4 Å². The van der Waals surface area contributed by atoms with E-state index in [4.69, 9.17) is 11.6 Å². The fraction of sp³-hybridized carbons (Fsp3) is 0.435. The van der Waals surface area contributed by atoms with E-state index in [0.29, 0.717) is 17.6 Å². The van der Waals surface area contributed by atoms with Gasteiger partial charge in [0.05, 0.1) is 5.60 Å². The molecule has 3 aromatic rings. The maximum absolute atomic E-state index is 11.2. The third kappa shape index (κ3) is 5.03. The SMILES string of the molecule is CCC(=O)C[C@@](C)(O)c1ccccc1.Cc1nc2ccc(Cl)nc2n1C1CCC1. The highest BCUT2D eigenvalue weighted by molar-refractivity contribution is 6.29. The van der Waals surface area contributed by atoms with Crippen LogP contribution in [0.25, 0.3) is 11.2 Å². The van der Waals surface area contributed by atoms with Crippen LogP contribution >= 0.6 is 11.6 Å². The summed E-state index contributed by atoms with van der Waals surface area (Å²) in [5.41, 5.74) is 1.64. The van der Waals surface area contributed by atoms with Gasteiger partial charge in [0, 0.05) is 18.9 Å². The Kier molecular flexibility index (Phi) is 6.70. The molecule has 29 heavy (non-hydrogen) atoms. The summed E-state index contributed by atoms with van der Waals surface area (Å²) in [4.78, 5) is 20.1. The second kappa shape index (κ2) is 9.06. The van der Waals surface area contributed by atoms with E-state index in [2.05, 4.69) is 14.5 Å². The van der Waals surface area contributed by atoms with E-state index in [1.54, 1.807) is 13.0 Å². The molecule has 2 heterocycles. The number of ketones is 1. The van der Waals surface area contributed by atoms with Crippen LogP contribution in [0.3, 0.4) is 0 Å². The van der Waals surface area contributed by atoms with Crippen molar-refractivity contribution in [1.82, 2.24) is 14.5 Å². The molecule has 1 aliphatic rings. The maximum Gasteiger partial charge on any atom is 0.161 e. The molecule has 1 N–H and O–H groups in total. The normalized spacial score (nSPS) is 15.9. The van der Waals surface area contributed by atoms with Gasteiger partial charge in [0.25, 0.3) is 0 Å².